The topological polar surface area (TPSA) is 13.1 Å². The molecule has 0 atom stereocenters. The van der Waals surface area contributed by atoms with Gasteiger partial charge in [0, 0.05) is 5.22 Å². The van der Waals surface area contributed by atoms with Crippen LogP contribution < -0.4 is 10.6 Å². The minimum Gasteiger partial charge on any atom is -0.464 e. The van der Waals surface area contributed by atoms with Crippen LogP contribution in [0.1, 0.15) is 0 Å². The molecule has 0 amide bonds. The maximum absolute atomic E-state index is 5.15. The third-order valence-corrected chi connectivity index (χ3v) is 1.29. The van der Waals surface area contributed by atoms with E-state index >= 15 is 0 Å². The Kier molecular flexibility index (Phi) is 2.50. The Morgan fingerprint density at radius 1 is 1.18 bits per heavy atom. The zero-order valence-electron chi connectivity index (χ0n) is 6.29. The van der Waals surface area contributed by atoms with Gasteiger partial charge in [-0.25, -0.2) is 0 Å². The lowest BCUT2D eigenvalue weighted by atomic mass is 10.3. The van der Waals surface area contributed by atoms with Gasteiger partial charge in [0.2, 0.25) is 0 Å². The molecular formula is C10H10O. The highest BCUT2D eigenvalue weighted by molar-refractivity contribution is 5.39. The first kappa shape index (κ1) is 7.61. The van der Waals surface area contributed by atoms with Crippen molar-refractivity contribution in [2.24, 2.45) is 0 Å². The van der Waals surface area contributed by atoms with E-state index in [0.29, 0.717) is 0 Å². The van der Waals surface area contributed by atoms with Crippen molar-refractivity contribution in [2.45, 2.75) is 0 Å². The van der Waals surface area contributed by atoms with E-state index in [9.17, 15) is 0 Å². The molecule has 0 N–H and O–H groups in total. The van der Waals surface area contributed by atoms with Gasteiger partial charge in [0.05, 0.1) is 6.26 Å². The van der Waals surface area contributed by atoms with Gasteiger partial charge in [-0.1, -0.05) is 31.4 Å². The van der Waals surface area contributed by atoms with Crippen molar-refractivity contribution in [3.8, 4) is 0 Å². The summed E-state index contributed by atoms with van der Waals surface area (Å²) in [5.41, 5.74) is 0.819. The molecule has 1 aromatic rings. The Balaban J connectivity index is 3.38. The van der Waals surface area contributed by atoms with E-state index in [1.807, 2.05) is 18.2 Å². The van der Waals surface area contributed by atoms with Gasteiger partial charge in [0.15, 0.2) is 0 Å². The van der Waals surface area contributed by atoms with E-state index in [0.717, 1.165) is 10.6 Å². The number of rotatable bonds is 2. The van der Waals surface area contributed by atoms with E-state index in [4.69, 9.17) is 4.42 Å². The molecule has 0 aromatic carbocycles. The molecule has 0 radical (unpaired) electrons. The van der Waals surface area contributed by atoms with Crippen LogP contribution in [0.3, 0.4) is 0 Å². The largest absolute Gasteiger partial charge is 0.464 e. The minimum absolute atomic E-state index is 0.819. The molecule has 56 valence electrons. The van der Waals surface area contributed by atoms with Crippen LogP contribution >= 0.6 is 0 Å². The van der Waals surface area contributed by atoms with Crippen LogP contribution in [-0.4, -0.2) is 0 Å². The van der Waals surface area contributed by atoms with Crippen molar-refractivity contribution in [2.75, 3.05) is 0 Å². The van der Waals surface area contributed by atoms with Gasteiger partial charge in [0.1, 0.15) is 5.42 Å². The molecule has 11 heavy (non-hydrogen) atoms. The van der Waals surface area contributed by atoms with Crippen molar-refractivity contribution >= 4 is 12.2 Å². The fourth-order valence-electron chi connectivity index (χ4n) is 0.838. The van der Waals surface area contributed by atoms with Crippen LogP contribution in [-0.2, 0) is 0 Å². The number of hydrogen-bond acceptors (Lipinski definition) is 1. The first-order valence-corrected chi connectivity index (χ1v) is 3.37. The highest BCUT2D eigenvalue weighted by Crippen LogP contribution is 1.72. The quantitative estimate of drug-likeness (QED) is 0.611. The maximum Gasteiger partial charge on any atom is 0.133 e. The molecule has 0 spiro atoms. The molecular weight excluding hydrogens is 136 g/mol. The van der Waals surface area contributed by atoms with Gasteiger partial charge in [-0.3, -0.25) is 0 Å². The Hall–Kier alpha value is -1.50. The average Bonchev–Trinajstić information content (AvgIpc) is 2.39. The first-order valence-electron chi connectivity index (χ1n) is 3.37. The lowest BCUT2D eigenvalue weighted by Crippen LogP contribution is -2.17. The highest BCUT2D eigenvalue weighted by atomic mass is 16.3. The molecule has 0 saturated carbocycles. The first-order chi connectivity index (χ1) is 5.38. The molecule has 0 fully saturated rings. The second kappa shape index (κ2) is 3.62. The van der Waals surface area contributed by atoms with Crippen LogP contribution in [0.15, 0.2) is 42.1 Å². The molecule has 0 unspecified atom stereocenters. The Morgan fingerprint density at radius 2 is 1.91 bits per heavy atom. The van der Waals surface area contributed by atoms with Crippen LogP contribution in [0.4, 0.5) is 0 Å². The molecule has 1 rings (SSSR count). The van der Waals surface area contributed by atoms with E-state index in [1.54, 1.807) is 18.4 Å². The number of allylic oxidation sites excluding steroid dienone is 2. The minimum atomic E-state index is 0.819. The van der Waals surface area contributed by atoms with Gasteiger partial charge in [-0.2, -0.15) is 0 Å². The van der Waals surface area contributed by atoms with E-state index in [1.165, 1.54) is 0 Å². The number of furan rings is 1. The number of hydrogen-bond donors (Lipinski definition) is 0. The summed E-state index contributed by atoms with van der Waals surface area (Å²) in [6.45, 7) is 7.18. The normalized spacial score (nSPS) is 13.5. The third-order valence-electron chi connectivity index (χ3n) is 1.29. The van der Waals surface area contributed by atoms with Crippen molar-refractivity contribution in [1.29, 1.82) is 0 Å². The van der Waals surface area contributed by atoms with Crippen molar-refractivity contribution in [1.82, 2.24) is 0 Å². The second-order valence-electron chi connectivity index (χ2n) is 2.04. The summed E-state index contributed by atoms with van der Waals surface area (Å²) in [4.78, 5) is 0. The lowest BCUT2D eigenvalue weighted by molar-refractivity contribution is 0.531. The molecule has 0 aliphatic carbocycles. The summed E-state index contributed by atoms with van der Waals surface area (Å²) >= 11 is 0. The van der Waals surface area contributed by atoms with Crippen molar-refractivity contribution < 1.29 is 4.42 Å². The molecule has 0 aliphatic rings. The predicted octanol–water partition coefficient (Wildman–Crippen LogP) is 1.21. The smallest absolute Gasteiger partial charge is 0.133 e. The summed E-state index contributed by atoms with van der Waals surface area (Å²) in [7, 11) is 0. The molecule has 1 heteroatoms. The van der Waals surface area contributed by atoms with E-state index in [2.05, 4.69) is 13.2 Å². The summed E-state index contributed by atoms with van der Waals surface area (Å²) in [5, 5.41) is 1.03. The average molecular weight is 146 g/mol. The maximum atomic E-state index is 5.15. The molecule has 1 heterocycles. The van der Waals surface area contributed by atoms with Crippen LogP contribution in [0.5, 0.6) is 0 Å². The van der Waals surface area contributed by atoms with Gasteiger partial charge in [-0.05, 0) is 12.1 Å². The Morgan fingerprint density at radius 3 is 2.55 bits per heavy atom. The van der Waals surface area contributed by atoms with Gasteiger partial charge >= 0.3 is 0 Å². The van der Waals surface area contributed by atoms with E-state index < -0.39 is 0 Å². The van der Waals surface area contributed by atoms with E-state index in [-0.39, 0.29) is 0 Å². The Labute approximate surface area is 65.7 Å². The zero-order chi connectivity index (χ0) is 8.10. The molecule has 0 aliphatic heterocycles. The predicted molar refractivity (Wildman–Crippen MR) is 47.3 cm³/mol. The van der Waals surface area contributed by atoms with Crippen molar-refractivity contribution in [3.63, 3.8) is 0 Å². The monoisotopic (exact) mass is 146 g/mol. The van der Waals surface area contributed by atoms with Gasteiger partial charge in [-0.15, -0.1) is 0 Å². The molecule has 0 bridgehead atoms. The molecule has 0 saturated heterocycles. The van der Waals surface area contributed by atoms with Gasteiger partial charge < -0.3 is 4.42 Å². The lowest BCUT2D eigenvalue weighted by Gasteiger charge is -1.73. The third kappa shape index (κ3) is 1.71. The second-order valence-corrected chi connectivity index (χ2v) is 2.04. The van der Waals surface area contributed by atoms with Crippen molar-refractivity contribution in [3.05, 3.63) is 48.3 Å². The zero-order valence-corrected chi connectivity index (χ0v) is 6.29. The molecule has 1 aromatic heterocycles. The SMILES string of the molecule is C=C/C=c1/cco/c1=C/C=C. The fraction of sp³-hybridized carbons (Fsp3) is 0. The highest BCUT2D eigenvalue weighted by Gasteiger charge is 1.83. The Bertz CT molecular complexity index is 320. The van der Waals surface area contributed by atoms with Crippen LogP contribution in [0, 0.1) is 0 Å². The van der Waals surface area contributed by atoms with Crippen LogP contribution in [0.2, 0.25) is 0 Å². The standard InChI is InChI=1S/C10H10O/c1-3-5-9-7-8-11-10(9)6-4-2/h3-8H,1-2H2/b9-5-,10-6+. The summed E-state index contributed by atoms with van der Waals surface area (Å²) in [6, 6.07) is 1.89. The van der Waals surface area contributed by atoms with Gasteiger partial charge in [0.25, 0.3) is 0 Å². The summed E-state index contributed by atoms with van der Waals surface area (Å²) < 4.78 is 5.15. The fourth-order valence-corrected chi connectivity index (χ4v) is 0.838. The summed E-state index contributed by atoms with van der Waals surface area (Å²) in [6.07, 6.45) is 8.77. The van der Waals surface area contributed by atoms with Crippen LogP contribution in [0.25, 0.3) is 12.2 Å². The summed E-state index contributed by atoms with van der Waals surface area (Å²) in [5.74, 6) is 0. The molecule has 1 nitrogen and oxygen atoms in total.